The van der Waals surface area contributed by atoms with Crippen molar-refractivity contribution >= 4 is 17.3 Å². The normalized spacial score (nSPS) is 43.5. The predicted octanol–water partition coefficient (Wildman–Crippen LogP) is 5.61. The zero-order valence-electron chi connectivity index (χ0n) is 21.9. The molecule has 0 aromatic heterocycles. The first kappa shape index (κ1) is 25.1. The zero-order valence-corrected chi connectivity index (χ0v) is 21.9. The van der Waals surface area contributed by atoms with E-state index in [4.69, 9.17) is 5.73 Å². The second-order valence-electron chi connectivity index (χ2n) is 13.1. The highest BCUT2D eigenvalue weighted by atomic mass is 16.3. The van der Waals surface area contributed by atoms with Crippen molar-refractivity contribution in [1.29, 1.82) is 0 Å². The van der Waals surface area contributed by atoms with Crippen molar-refractivity contribution in [2.24, 2.45) is 46.3 Å². The molecule has 35 heavy (non-hydrogen) atoms. The van der Waals surface area contributed by atoms with E-state index >= 15 is 0 Å². The Morgan fingerprint density at radius 1 is 1.06 bits per heavy atom. The summed E-state index contributed by atoms with van der Waals surface area (Å²) in [5.74, 6) is 3.40. The van der Waals surface area contributed by atoms with Crippen LogP contribution in [-0.2, 0) is 4.79 Å². The maximum Gasteiger partial charge on any atom is 0.224 e. The standard InChI is InChI=1S/C30H46N2O3/c1-18(4-13-28(35)32-21-8-6-20(31)7-9-21)24-11-12-25-23-10-5-19-16-22(33)14-15-29(19,2)26(23)17-27(34)30(24,25)3/h6-9,18-19,22-27,33-34H,4-5,10-17,31H2,1-3H3,(H,32,35)/t18-,19-,22-,23+,24-,25+,26+,27+,29+,30-/m1/s1. The summed E-state index contributed by atoms with van der Waals surface area (Å²) in [7, 11) is 0. The molecule has 4 aliphatic rings. The number of benzene rings is 1. The number of amides is 1. The first-order valence-corrected chi connectivity index (χ1v) is 14.1. The molecule has 5 nitrogen and oxygen atoms in total. The lowest BCUT2D eigenvalue weighted by Crippen LogP contribution is -2.58. The van der Waals surface area contributed by atoms with Gasteiger partial charge in [0.2, 0.25) is 5.91 Å². The number of hydrogen-bond acceptors (Lipinski definition) is 4. The van der Waals surface area contributed by atoms with Crippen LogP contribution in [0.4, 0.5) is 11.4 Å². The minimum atomic E-state index is -0.269. The number of carbonyl (C=O) groups is 1. The summed E-state index contributed by atoms with van der Waals surface area (Å²) >= 11 is 0. The van der Waals surface area contributed by atoms with Crippen molar-refractivity contribution in [3.8, 4) is 0 Å². The summed E-state index contributed by atoms with van der Waals surface area (Å²) in [6.07, 6.45) is 9.75. The number of rotatable bonds is 5. The number of nitrogen functional groups attached to an aromatic ring is 1. The number of anilines is 2. The molecule has 4 fully saturated rings. The summed E-state index contributed by atoms with van der Waals surface area (Å²) in [5.41, 5.74) is 7.45. The van der Waals surface area contributed by atoms with Gasteiger partial charge in [-0.3, -0.25) is 4.79 Å². The SMILES string of the molecule is C[C@H](CCC(=O)Nc1ccc(N)cc1)[C@H]1CC[C@H]2[C@@H]3CC[C@@H]4C[C@H](O)CC[C@]4(C)[C@H]3C[C@H](O)[C@]12C. The second kappa shape index (κ2) is 9.37. The lowest BCUT2D eigenvalue weighted by molar-refractivity contribution is -0.174. The van der Waals surface area contributed by atoms with E-state index in [2.05, 4.69) is 26.1 Å². The Hall–Kier alpha value is -1.59. The Balaban J connectivity index is 1.24. The lowest BCUT2D eigenvalue weighted by Gasteiger charge is -2.62. The van der Waals surface area contributed by atoms with Gasteiger partial charge in [-0.25, -0.2) is 0 Å². The van der Waals surface area contributed by atoms with Gasteiger partial charge in [-0.15, -0.1) is 0 Å². The number of hydrogen-bond donors (Lipinski definition) is 4. The van der Waals surface area contributed by atoms with Crippen molar-refractivity contribution in [3.05, 3.63) is 24.3 Å². The number of nitrogens with one attached hydrogen (secondary N) is 1. The maximum absolute atomic E-state index is 12.6. The van der Waals surface area contributed by atoms with Crippen molar-refractivity contribution < 1.29 is 15.0 Å². The second-order valence-corrected chi connectivity index (χ2v) is 13.1. The third-order valence-corrected chi connectivity index (χ3v) is 11.5. The van der Waals surface area contributed by atoms with E-state index in [-0.39, 0.29) is 28.9 Å². The van der Waals surface area contributed by atoms with Gasteiger partial charge < -0.3 is 21.3 Å². The number of nitrogens with two attached hydrogens (primary N) is 1. The highest BCUT2D eigenvalue weighted by Gasteiger charge is 2.63. The van der Waals surface area contributed by atoms with Crippen LogP contribution >= 0.6 is 0 Å². The summed E-state index contributed by atoms with van der Waals surface area (Å²) in [6.45, 7) is 7.15. The van der Waals surface area contributed by atoms with Crippen LogP contribution in [0.1, 0.15) is 85.0 Å². The molecule has 5 N–H and O–H groups in total. The van der Waals surface area contributed by atoms with E-state index in [0.717, 1.165) is 37.8 Å². The number of carbonyl (C=O) groups excluding carboxylic acids is 1. The summed E-state index contributed by atoms with van der Waals surface area (Å²) in [5, 5.41) is 25.0. The fourth-order valence-corrected chi connectivity index (χ4v) is 9.51. The molecule has 4 aliphatic carbocycles. The molecule has 0 saturated heterocycles. The zero-order chi connectivity index (χ0) is 25.0. The van der Waals surface area contributed by atoms with E-state index in [1.165, 1.54) is 25.7 Å². The Bertz CT molecular complexity index is 919. The first-order chi connectivity index (χ1) is 16.6. The molecule has 0 spiro atoms. The minimum Gasteiger partial charge on any atom is -0.399 e. The van der Waals surface area contributed by atoms with Crippen molar-refractivity contribution in [2.45, 2.75) is 97.2 Å². The molecule has 4 saturated carbocycles. The van der Waals surface area contributed by atoms with E-state index in [9.17, 15) is 15.0 Å². The van der Waals surface area contributed by atoms with Crippen LogP contribution in [0.3, 0.4) is 0 Å². The molecule has 0 bridgehead atoms. The molecular formula is C30H46N2O3. The quantitative estimate of drug-likeness (QED) is 0.410. The summed E-state index contributed by atoms with van der Waals surface area (Å²) < 4.78 is 0. The average Bonchev–Trinajstić information content (AvgIpc) is 3.19. The van der Waals surface area contributed by atoms with Gasteiger partial charge in [0, 0.05) is 17.8 Å². The van der Waals surface area contributed by atoms with E-state index in [1.54, 1.807) is 12.1 Å². The molecular weight excluding hydrogens is 436 g/mol. The molecule has 5 heteroatoms. The highest BCUT2D eigenvalue weighted by molar-refractivity contribution is 5.90. The predicted molar refractivity (Wildman–Crippen MR) is 140 cm³/mol. The molecule has 0 unspecified atom stereocenters. The fraction of sp³-hybridized carbons (Fsp3) is 0.767. The van der Waals surface area contributed by atoms with Gasteiger partial charge in [-0.2, -0.15) is 0 Å². The topological polar surface area (TPSA) is 95.6 Å². The molecule has 1 aromatic rings. The Morgan fingerprint density at radius 3 is 2.54 bits per heavy atom. The van der Waals surface area contributed by atoms with Gasteiger partial charge in [0.25, 0.3) is 0 Å². The number of aliphatic hydroxyl groups excluding tert-OH is 2. The van der Waals surface area contributed by atoms with Crippen LogP contribution in [0, 0.1) is 46.3 Å². The highest BCUT2D eigenvalue weighted by Crippen LogP contribution is 2.68. The van der Waals surface area contributed by atoms with Gasteiger partial charge in [0.1, 0.15) is 0 Å². The Morgan fingerprint density at radius 2 is 1.80 bits per heavy atom. The van der Waals surface area contributed by atoms with Crippen LogP contribution in [0.15, 0.2) is 24.3 Å². The van der Waals surface area contributed by atoms with Crippen LogP contribution in [-0.4, -0.2) is 28.3 Å². The number of aliphatic hydroxyl groups is 2. The molecule has 5 rings (SSSR count). The molecule has 0 radical (unpaired) electrons. The third kappa shape index (κ3) is 4.31. The van der Waals surface area contributed by atoms with E-state index in [0.29, 0.717) is 47.6 Å². The van der Waals surface area contributed by atoms with E-state index < -0.39 is 0 Å². The van der Waals surface area contributed by atoms with E-state index in [1.807, 2.05) is 12.1 Å². The van der Waals surface area contributed by atoms with Crippen molar-refractivity contribution in [2.75, 3.05) is 11.1 Å². The third-order valence-electron chi connectivity index (χ3n) is 11.5. The lowest BCUT2D eigenvalue weighted by atomic mass is 9.43. The monoisotopic (exact) mass is 482 g/mol. The Labute approximate surface area is 211 Å². The van der Waals surface area contributed by atoms with Crippen molar-refractivity contribution in [3.63, 3.8) is 0 Å². The van der Waals surface area contributed by atoms with Gasteiger partial charge >= 0.3 is 0 Å². The fourth-order valence-electron chi connectivity index (χ4n) is 9.51. The molecule has 1 amide bonds. The Kier molecular flexibility index (Phi) is 6.71. The minimum absolute atomic E-state index is 0.0502. The van der Waals surface area contributed by atoms with Gasteiger partial charge in [-0.05, 0) is 128 Å². The molecule has 194 valence electrons. The van der Waals surface area contributed by atoms with Crippen LogP contribution < -0.4 is 11.1 Å². The summed E-state index contributed by atoms with van der Waals surface area (Å²) in [4.78, 5) is 12.6. The molecule has 0 aliphatic heterocycles. The van der Waals surface area contributed by atoms with Crippen LogP contribution in [0.5, 0.6) is 0 Å². The number of fused-ring (bicyclic) bond motifs is 5. The largest absolute Gasteiger partial charge is 0.399 e. The first-order valence-electron chi connectivity index (χ1n) is 14.1. The van der Waals surface area contributed by atoms with Gasteiger partial charge in [0.05, 0.1) is 12.2 Å². The van der Waals surface area contributed by atoms with Gasteiger partial charge in [0.15, 0.2) is 0 Å². The molecule has 10 atom stereocenters. The van der Waals surface area contributed by atoms with Gasteiger partial charge in [-0.1, -0.05) is 20.8 Å². The molecule has 0 heterocycles. The smallest absolute Gasteiger partial charge is 0.224 e. The van der Waals surface area contributed by atoms with Crippen LogP contribution in [0.25, 0.3) is 0 Å². The summed E-state index contributed by atoms with van der Waals surface area (Å²) in [6, 6.07) is 7.30. The van der Waals surface area contributed by atoms with Crippen LogP contribution in [0.2, 0.25) is 0 Å². The maximum atomic E-state index is 12.6. The molecule has 1 aromatic carbocycles. The average molecular weight is 483 g/mol. The van der Waals surface area contributed by atoms with Crippen molar-refractivity contribution in [1.82, 2.24) is 0 Å².